The second-order valence-corrected chi connectivity index (χ2v) is 2.84. The van der Waals surface area contributed by atoms with Crippen molar-refractivity contribution in [1.29, 1.82) is 0 Å². The molecule has 0 spiro atoms. The van der Waals surface area contributed by atoms with E-state index in [0.717, 1.165) is 11.7 Å². The van der Waals surface area contributed by atoms with Crippen LogP contribution in [0.2, 0.25) is 0 Å². The molecule has 0 amide bonds. The molecule has 0 aromatic carbocycles. The maximum absolute atomic E-state index is 8.68. The van der Waals surface area contributed by atoms with Gasteiger partial charge in [0.05, 0.1) is 6.61 Å². The maximum Gasteiger partial charge on any atom is 0.208 e. The summed E-state index contributed by atoms with van der Waals surface area (Å²) in [5.41, 5.74) is 1.69. The Bertz CT molecular complexity index is 190. The lowest BCUT2D eigenvalue weighted by molar-refractivity contribution is 0.302. The Kier molecular flexibility index (Phi) is 3.25. The van der Waals surface area contributed by atoms with Crippen molar-refractivity contribution in [2.45, 2.75) is 6.92 Å². The van der Waals surface area contributed by atoms with Crippen LogP contribution in [0.3, 0.4) is 0 Å². The molecule has 1 rings (SSSR count). The van der Waals surface area contributed by atoms with E-state index in [1.54, 1.807) is 5.51 Å². The summed E-state index contributed by atoms with van der Waals surface area (Å²) in [6.45, 7) is 3.67. The smallest absolute Gasteiger partial charge is 0.208 e. The van der Waals surface area contributed by atoms with Crippen LogP contribution < -0.4 is 4.90 Å². The fraction of sp³-hybridized carbons (Fsp3) is 0.667. The molecule has 1 aromatic rings. The highest BCUT2D eigenvalue weighted by Crippen LogP contribution is 2.13. The number of rotatable bonds is 4. The van der Waals surface area contributed by atoms with Gasteiger partial charge in [0.2, 0.25) is 5.13 Å². The topological polar surface area (TPSA) is 49.2 Å². The van der Waals surface area contributed by atoms with Crippen LogP contribution in [-0.4, -0.2) is 35.0 Å². The minimum absolute atomic E-state index is 0.160. The van der Waals surface area contributed by atoms with Crippen LogP contribution in [0, 0.1) is 0 Å². The normalized spacial score (nSPS) is 10.0. The zero-order chi connectivity index (χ0) is 8.10. The van der Waals surface area contributed by atoms with E-state index < -0.39 is 0 Å². The molecule has 0 saturated heterocycles. The Labute approximate surface area is 69.5 Å². The molecule has 1 aromatic heterocycles. The fourth-order valence-corrected chi connectivity index (χ4v) is 1.47. The van der Waals surface area contributed by atoms with Gasteiger partial charge in [0.15, 0.2) is 0 Å². The first-order chi connectivity index (χ1) is 5.38. The van der Waals surface area contributed by atoms with Crippen LogP contribution in [0.4, 0.5) is 5.13 Å². The standard InChI is InChI=1S/C6H11N3OS/c1-2-9(3-4-10)6-8-7-5-11-6/h5,10H,2-4H2,1H3. The van der Waals surface area contributed by atoms with E-state index in [0.29, 0.717) is 6.54 Å². The van der Waals surface area contributed by atoms with Gasteiger partial charge in [0.1, 0.15) is 5.51 Å². The van der Waals surface area contributed by atoms with Crippen LogP contribution in [-0.2, 0) is 0 Å². The van der Waals surface area contributed by atoms with Crippen molar-refractivity contribution in [3.05, 3.63) is 5.51 Å². The summed E-state index contributed by atoms with van der Waals surface area (Å²) < 4.78 is 0. The average Bonchev–Trinajstić information content (AvgIpc) is 2.52. The van der Waals surface area contributed by atoms with Crippen molar-refractivity contribution in [3.8, 4) is 0 Å². The summed E-state index contributed by atoms with van der Waals surface area (Å²) in [5, 5.41) is 17.2. The number of aliphatic hydroxyl groups excluding tert-OH is 1. The van der Waals surface area contributed by atoms with Gasteiger partial charge in [-0.1, -0.05) is 11.3 Å². The maximum atomic E-state index is 8.68. The Morgan fingerprint density at radius 1 is 1.73 bits per heavy atom. The molecule has 4 nitrogen and oxygen atoms in total. The number of aliphatic hydroxyl groups is 1. The summed E-state index contributed by atoms with van der Waals surface area (Å²) in [7, 11) is 0. The lowest BCUT2D eigenvalue weighted by Crippen LogP contribution is -2.25. The Morgan fingerprint density at radius 2 is 2.55 bits per heavy atom. The number of likely N-dealkylation sites (N-methyl/N-ethyl adjacent to an activating group) is 1. The Balaban J connectivity index is 2.56. The Hall–Kier alpha value is -0.680. The molecular formula is C6H11N3OS. The molecule has 0 atom stereocenters. The number of hydrogen-bond acceptors (Lipinski definition) is 5. The van der Waals surface area contributed by atoms with E-state index in [1.165, 1.54) is 11.3 Å². The minimum atomic E-state index is 0.160. The van der Waals surface area contributed by atoms with Crippen molar-refractivity contribution >= 4 is 16.5 Å². The van der Waals surface area contributed by atoms with E-state index in [1.807, 2.05) is 11.8 Å². The zero-order valence-electron chi connectivity index (χ0n) is 6.40. The van der Waals surface area contributed by atoms with Gasteiger partial charge in [-0.2, -0.15) is 0 Å². The van der Waals surface area contributed by atoms with E-state index in [2.05, 4.69) is 10.2 Å². The van der Waals surface area contributed by atoms with Crippen LogP contribution in [0.15, 0.2) is 5.51 Å². The molecule has 1 N–H and O–H groups in total. The van der Waals surface area contributed by atoms with Gasteiger partial charge < -0.3 is 10.0 Å². The summed E-state index contributed by atoms with van der Waals surface area (Å²) >= 11 is 1.49. The van der Waals surface area contributed by atoms with Gasteiger partial charge >= 0.3 is 0 Å². The number of hydrogen-bond donors (Lipinski definition) is 1. The van der Waals surface area contributed by atoms with Gasteiger partial charge in [0, 0.05) is 13.1 Å². The van der Waals surface area contributed by atoms with Crippen molar-refractivity contribution in [3.63, 3.8) is 0 Å². The molecule has 11 heavy (non-hydrogen) atoms. The SMILES string of the molecule is CCN(CCO)c1nncs1. The fourth-order valence-electron chi connectivity index (χ4n) is 0.815. The second kappa shape index (κ2) is 4.25. The van der Waals surface area contributed by atoms with Gasteiger partial charge in [-0.15, -0.1) is 10.2 Å². The van der Waals surface area contributed by atoms with Crippen molar-refractivity contribution < 1.29 is 5.11 Å². The quantitative estimate of drug-likeness (QED) is 0.714. The molecule has 5 heteroatoms. The average molecular weight is 173 g/mol. The third kappa shape index (κ3) is 2.13. The predicted molar refractivity (Wildman–Crippen MR) is 44.9 cm³/mol. The van der Waals surface area contributed by atoms with Crippen molar-refractivity contribution in [2.75, 3.05) is 24.6 Å². The summed E-state index contributed by atoms with van der Waals surface area (Å²) in [6.07, 6.45) is 0. The van der Waals surface area contributed by atoms with Crippen LogP contribution >= 0.6 is 11.3 Å². The molecular weight excluding hydrogens is 162 g/mol. The first-order valence-corrected chi connectivity index (χ1v) is 4.38. The second-order valence-electron chi connectivity index (χ2n) is 2.02. The monoisotopic (exact) mass is 173 g/mol. The molecule has 0 radical (unpaired) electrons. The molecule has 0 aliphatic heterocycles. The molecule has 1 heterocycles. The van der Waals surface area contributed by atoms with E-state index in [4.69, 9.17) is 5.11 Å². The lowest BCUT2D eigenvalue weighted by atomic mass is 10.5. The van der Waals surface area contributed by atoms with E-state index in [-0.39, 0.29) is 6.61 Å². The van der Waals surface area contributed by atoms with E-state index in [9.17, 15) is 0 Å². The highest BCUT2D eigenvalue weighted by Gasteiger charge is 2.05. The van der Waals surface area contributed by atoms with Gasteiger partial charge in [-0.3, -0.25) is 0 Å². The Morgan fingerprint density at radius 3 is 3.00 bits per heavy atom. The molecule has 0 fully saturated rings. The summed E-state index contributed by atoms with van der Waals surface area (Å²) in [5.74, 6) is 0. The van der Waals surface area contributed by atoms with Crippen LogP contribution in [0.25, 0.3) is 0 Å². The first-order valence-electron chi connectivity index (χ1n) is 3.50. The lowest BCUT2D eigenvalue weighted by Gasteiger charge is -2.16. The number of nitrogens with zero attached hydrogens (tertiary/aromatic N) is 3. The third-order valence-electron chi connectivity index (χ3n) is 1.37. The van der Waals surface area contributed by atoms with Gasteiger partial charge in [-0.05, 0) is 6.92 Å². The molecule has 0 unspecified atom stereocenters. The molecule has 62 valence electrons. The molecule has 0 aliphatic carbocycles. The van der Waals surface area contributed by atoms with Gasteiger partial charge in [-0.25, -0.2) is 0 Å². The van der Waals surface area contributed by atoms with E-state index >= 15 is 0 Å². The number of aromatic nitrogens is 2. The zero-order valence-corrected chi connectivity index (χ0v) is 7.21. The van der Waals surface area contributed by atoms with Crippen molar-refractivity contribution in [1.82, 2.24) is 10.2 Å². The highest BCUT2D eigenvalue weighted by molar-refractivity contribution is 7.13. The third-order valence-corrected chi connectivity index (χ3v) is 2.12. The summed E-state index contributed by atoms with van der Waals surface area (Å²) in [6, 6.07) is 0. The van der Waals surface area contributed by atoms with Crippen LogP contribution in [0.5, 0.6) is 0 Å². The minimum Gasteiger partial charge on any atom is -0.395 e. The predicted octanol–water partition coefficient (Wildman–Crippen LogP) is 0.357. The first kappa shape index (κ1) is 8.42. The van der Waals surface area contributed by atoms with Crippen molar-refractivity contribution in [2.24, 2.45) is 0 Å². The molecule has 0 saturated carbocycles. The van der Waals surface area contributed by atoms with Gasteiger partial charge in [0.25, 0.3) is 0 Å². The summed E-state index contributed by atoms with van der Waals surface area (Å²) in [4.78, 5) is 1.98. The molecule has 0 aliphatic rings. The largest absolute Gasteiger partial charge is 0.395 e. The highest BCUT2D eigenvalue weighted by atomic mass is 32.1. The number of anilines is 1. The van der Waals surface area contributed by atoms with Crippen LogP contribution in [0.1, 0.15) is 6.92 Å². The molecule has 0 bridgehead atoms.